The van der Waals surface area contributed by atoms with E-state index in [-0.39, 0.29) is 34.8 Å². The number of carbonyl (C=O) groups is 2. The predicted molar refractivity (Wildman–Crippen MR) is 181 cm³/mol. The number of nitrogens with zero attached hydrogens (tertiary/aromatic N) is 2. The van der Waals surface area contributed by atoms with Crippen molar-refractivity contribution in [3.8, 4) is 11.5 Å². The van der Waals surface area contributed by atoms with Crippen molar-refractivity contribution in [1.82, 2.24) is 14.8 Å². The highest BCUT2D eigenvalue weighted by Gasteiger charge is 2.31. The van der Waals surface area contributed by atoms with Crippen molar-refractivity contribution in [1.29, 1.82) is 10.8 Å². The Morgan fingerprint density at radius 1 is 0.957 bits per heavy atom. The molecule has 0 spiro atoms. The average molecular weight is 630 g/mol. The van der Waals surface area contributed by atoms with E-state index in [0.717, 1.165) is 16.7 Å². The standard InChI is InChI=1S/C35H47N7O4/c1-21(43)38-27-18-22(34(2,3)4)19-28(31(27)45-9)40-33(44)39-26-15-16-29(25-13-11-10-12-24(25)26)46-23-14-17-30(36)42(20-23)32(37)35(5,6)41(7)8/h10-14,17-20,26,29,36-37H,15-16H2,1-9H3,(H,38,43)(H2,39,40,44). The van der Waals surface area contributed by atoms with E-state index in [0.29, 0.717) is 35.7 Å². The van der Waals surface area contributed by atoms with E-state index in [2.05, 4.69) is 36.7 Å². The third-order valence-corrected chi connectivity index (χ3v) is 8.60. The molecule has 0 fully saturated rings. The fraction of sp³-hybridized carbons (Fsp3) is 0.429. The molecule has 2 unspecified atom stereocenters. The van der Waals surface area contributed by atoms with Crippen LogP contribution in [-0.2, 0) is 10.2 Å². The minimum absolute atomic E-state index is 0.195. The molecule has 246 valence electrons. The number of pyridine rings is 1. The van der Waals surface area contributed by atoms with E-state index in [9.17, 15) is 9.59 Å². The number of benzene rings is 2. The third kappa shape index (κ3) is 7.42. The second-order valence-corrected chi connectivity index (χ2v) is 13.4. The summed E-state index contributed by atoms with van der Waals surface area (Å²) in [5, 5.41) is 26.1. The van der Waals surface area contributed by atoms with Crippen molar-refractivity contribution >= 4 is 29.1 Å². The minimum Gasteiger partial charge on any atom is -0.492 e. The van der Waals surface area contributed by atoms with E-state index in [4.69, 9.17) is 20.3 Å². The number of rotatable bonds is 8. The van der Waals surface area contributed by atoms with Gasteiger partial charge in [0.05, 0.1) is 36.3 Å². The molecule has 1 aliphatic rings. The minimum atomic E-state index is -0.598. The Bertz CT molecular complexity index is 1690. The summed E-state index contributed by atoms with van der Waals surface area (Å²) in [6.07, 6.45) is 2.69. The van der Waals surface area contributed by atoms with Crippen LogP contribution in [0.15, 0.2) is 54.7 Å². The molecule has 0 radical (unpaired) electrons. The second-order valence-electron chi connectivity index (χ2n) is 13.4. The number of nitrogens with one attached hydrogen (secondary N) is 5. The zero-order valence-electron chi connectivity index (χ0n) is 28.3. The topological polar surface area (TPSA) is 145 Å². The lowest BCUT2D eigenvalue weighted by Crippen LogP contribution is -2.50. The first-order valence-corrected chi connectivity index (χ1v) is 15.4. The highest BCUT2D eigenvalue weighted by molar-refractivity contribution is 5.97. The normalized spacial score (nSPS) is 16.3. The summed E-state index contributed by atoms with van der Waals surface area (Å²) >= 11 is 0. The number of likely N-dealkylation sites (N-methyl/N-ethyl adjacent to an activating group) is 1. The first kappa shape index (κ1) is 34.2. The monoisotopic (exact) mass is 629 g/mol. The van der Waals surface area contributed by atoms with Gasteiger partial charge in [-0.05, 0) is 87.2 Å². The summed E-state index contributed by atoms with van der Waals surface area (Å²) in [5.74, 6) is 0.950. The summed E-state index contributed by atoms with van der Waals surface area (Å²) in [6.45, 7) is 11.5. The molecule has 0 saturated carbocycles. The van der Waals surface area contributed by atoms with Crippen molar-refractivity contribution in [3.05, 3.63) is 76.9 Å². The lowest BCUT2D eigenvalue weighted by atomic mass is 9.85. The number of urea groups is 1. The molecule has 11 nitrogen and oxygen atoms in total. The van der Waals surface area contributed by atoms with Crippen LogP contribution in [0.25, 0.3) is 0 Å². The second kappa shape index (κ2) is 13.4. The van der Waals surface area contributed by atoms with Gasteiger partial charge in [0.25, 0.3) is 0 Å². The fourth-order valence-corrected chi connectivity index (χ4v) is 5.40. The molecule has 1 aromatic heterocycles. The fourth-order valence-electron chi connectivity index (χ4n) is 5.40. The highest BCUT2D eigenvalue weighted by atomic mass is 16.5. The van der Waals surface area contributed by atoms with Crippen LogP contribution in [0.4, 0.5) is 16.2 Å². The Hall–Kier alpha value is -4.64. The van der Waals surface area contributed by atoms with Crippen molar-refractivity contribution in [2.75, 3.05) is 31.8 Å². The van der Waals surface area contributed by atoms with Gasteiger partial charge in [-0.3, -0.25) is 25.1 Å². The van der Waals surface area contributed by atoms with Crippen molar-refractivity contribution < 1.29 is 19.1 Å². The van der Waals surface area contributed by atoms with Crippen LogP contribution in [0.5, 0.6) is 11.5 Å². The molecule has 1 aliphatic carbocycles. The first-order chi connectivity index (χ1) is 21.5. The van der Waals surface area contributed by atoms with Gasteiger partial charge in [0.2, 0.25) is 5.91 Å². The van der Waals surface area contributed by atoms with Gasteiger partial charge in [0.15, 0.2) is 5.75 Å². The lowest BCUT2D eigenvalue weighted by Gasteiger charge is -2.34. The molecule has 3 amide bonds. The largest absolute Gasteiger partial charge is 0.492 e. The first-order valence-electron chi connectivity index (χ1n) is 15.4. The van der Waals surface area contributed by atoms with Gasteiger partial charge < -0.3 is 25.4 Å². The molecule has 4 rings (SSSR count). The molecule has 46 heavy (non-hydrogen) atoms. The average Bonchev–Trinajstić information content (AvgIpc) is 2.98. The predicted octanol–water partition coefficient (Wildman–Crippen LogP) is 6.17. The quantitative estimate of drug-likeness (QED) is 0.149. The SMILES string of the molecule is COc1c(NC(C)=O)cc(C(C)(C)C)cc1NC(=O)NC1CCC(Oc2ccc(=N)n(C(=N)C(C)(C)N(C)C)c2)c2ccccc21. The van der Waals surface area contributed by atoms with Gasteiger partial charge in [0.1, 0.15) is 23.2 Å². The summed E-state index contributed by atoms with van der Waals surface area (Å²) in [5.41, 5.74) is 3.14. The highest BCUT2D eigenvalue weighted by Crippen LogP contribution is 2.40. The molecular weight excluding hydrogens is 582 g/mol. The van der Waals surface area contributed by atoms with Gasteiger partial charge in [-0.25, -0.2) is 4.79 Å². The van der Waals surface area contributed by atoms with Crippen LogP contribution in [0, 0.1) is 10.8 Å². The van der Waals surface area contributed by atoms with E-state index in [1.807, 2.05) is 69.2 Å². The maximum absolute atomic E-state index is 13.4. The molecule has 11 heteroatoms. The smallest absolute Gasteiger partial charge is 0.319 e. The molecule has 1 heterocycles. The lowest BCUT2D eigenvalue weighted by molar-refractivity contribution is -0.114. The summed E-state index contributed by atoms with van der Waals surface area (Å²) < 4.78 is 13.6. The number of hydrogen-bond donors (Lipinski definition) is 5. The van der Waals surface area contributed by atoms with Crippen molar-refractivity contribution in [2.24, 2.45) is 0 Å². The zero-order valence-corrected chi connectivity index (χ0v) is 28.3. The molecular formula is C35H47N7O4. The van der Waals surface area contributed by atoms with Gasteiger partial charge in [-0.15, -0.1) is 0 Å². The van der Waals surface area contributed by atoms with Crippen LogP contribution in [0.3, 0.4) is 0 Å². The van der Waals surface area contributed by atoms with E-state index >= 15 is 0 Å². The van der Waals surface area contributed by atoms with Crippen LogP contribution in [0.2, 0.25) is 0 Å². The number of methoxy groups -OCH3 is 1. The van der Waals surface area contributed by atoms with Gasteiger partial charge >= 0.3 is 6.03 Å². The van der Waals surface area contributed by atoms with E-state index < -0.39 is 11.6 Å². The van der Waals surface area contributed by atoms with Gasteiger partial charge in [-0.2, -0.15) is 0 Å². The Morgan fingerprint density at radius 2 is 1.59 bits per heavy atom. The van der Waals surface area contributed by atoms with Crippen LogP contribution < -0.4 is 30.9 Å². The Morgan fingerprint density at radius 3 is 2.17 bits per heavy atom. The van der Waals surface area contributed by atoms with Gasteiger partial charge in [0, 0.05) is 6.92 Å². The van der Waals surface area contributed by atoms with Gasteiger partial charge in [-0.1, -0.05) is 45.0 Å². The van der Waals surface area contributed by atoms with Crippen LogP contribution >= 0.6 is 0 Å². The maximum atomic E-state index is 13.4. The molecule has 3 aromatic rings. The van der Waals surface area contributed by atoms with Crippen molar-refractivity contribution in [3.63, 3.8) is 0 Å². The van der Waals surface area contributed by atoms with E-state index in [1.165, 1.54) is 14.0 Å². The number of amides is 3. The number of aromatic nitrogens is 1. The Kier molecular flexibility index (Phi) is 9.96. The molecule has 2 atom stereocenters. The summed E-state index contributed by atoms with van der Waals surface area (Å²) in [4.78, 5) is 27.3. The molecule has 0 saturated heterocycles. The number of hydrogen-bond acceptors (Lipinski definition) is 7. The van der Waals surface area contributed by atoms with E-state index in [1.54, 1.807) is 22.9 Å². The Labute approximate surface area is 271 Å². The number of fused-ring (bicyclic) bond motifs is 1. The van der Waals surface area contributed by atoms with Crippen LogP contribution in [-0.4, -0.2) is 54.0 Å². The molecule has 2 aromatic carbocycles. The summed E-state index contributed by atoms with van der Waals surface area (Å²) in [6, 6.07) is 14.4. The Balaban J connectivity index is 1.56. The third-order valence-electron chi connectivity index (χ3n) is 8.60. The van der Waals surface area contributed by atoms with Crippen LogP contribution in [0.1, 0.15) is 83.2 Å². The molecule has 0 aliphatic heterocycles. The number of ether oxygens (including phenoxy) is 2. The number of anilines is 2. The molecule has 0 bridgehead atoms. The van der Waals surface area contributed by atoms with Crippen molar-refractivity contribution in [2.45, 2.75) is 77.5 Å². The maximum Gasteiger partial charge on any atom is 0.319 e. The molecule has 5 N–H and O–H groups in total. The summed E-state index contributed by atoms with van der Waals surface area (Å²) in [7, 11) is 5.32. The zero-order chi connectivity index (χ0) is 34.0. The number of carbonyl (C=O) groups excluding carboxylic acids is 2.